The van der Waals surface area contributed by atoms with E-state index in [2.05, 4.69) is 13.2 Å². The predicted molar refractivity (Wildman–Crippen MR) is 147 cm³/mol. The fourth-order valence-electron chi connectivity index (χ4n) is 6.61. The molecule has 2 unspecified atom stereocenters. The van der Waals surface area contributed by atoms with E-state index < -0.39 is 35.6 Å². The van der Waals surface area contributed by atoms with Gasteiger partial charge in [0.25, 0.3) is 5.91 Å². The van der Waals surface area contributed by atoms with Gasteiger partial charge in [0.1, 0.15) is 11.6 Å². The number of ether oxygens (including phenoxy) is 1. The number of benzene rings is 1. The average molecular weight is 544 g/mol. The second-order valence-electron chi connectivity index (χ2n) is 10.3. The minimum atomic E-state index is -1.14. The van der Waals surface area contributed by atoms with E-state index in [1.807, 2.05) is 13.8 Å². The summed E-state index contributed by atoms with van der Waals surface area (Å²) in [6.45, 7) is 12.3. The molecule has 6 atom stereocenters. The van der Waals surface area contributed by atoms with Gasteiger partial charge in [0, 0.05) is 30.3 Å². The Morgan fingerprint density at radius 2 is 1.89 bits per heavy atom. The number of anilines is 1. The maximum atomic E-state index is 14.4. The highest BCUT2D eigenvalue weighted by molar-refractivity contribution is 6.30. The number of likely N-dealkylation sites (tertiary alicyclic amines) is 1. The summed E-state index contributed by atoms with van der Waals surface area (Å²) >= 11 is 6.09. The van der Waals surface area contributed by atoms with Crippen LogP contribution in [0, 0.1) is 11.8 Å². The van der Waals surface area contributed by atoms with Crippen molar-refractivity contribution in [1.82, 2.24) is 9.80 Å². The standard InChI is InChI=1S/C29H38ClN3O5/c1-5-15-31(16-6-2)26(35)23-22-13-14-29(38-22)24(23)27(36)33(20(8-4)18-34)25(29)28(37)32(17-7-3)21-11-9-19(30)10-12-21/h5,7,9-12,20,22-25,34H,1,3,6,8,13-18H2,2,4H3/t20-,22+,23-,24-,25?,29?/m0/s1. The summed E-state index contributed by atoms with van der Waals surface area (Å²) in [4.78, 5) is 47.3. The van der Waals surface area contributed by atoms with Crippen molar-refractivity contribution in [3.8, 4) is 0 Å². The molecule has 1 aromatic carbocycles. The molecular formula is C29H38ClN3O5. The first-order valence-electron chi connectivity index (χ1n) is 13.5. The van der Waals surface area contributed by atoms with E-state index in [0.717, 1.165) is 6.42 Å². The van der Waals surface area contributed by atoms with E-state index in [1.54, 1.807) is 46.2 Å². The summed E-state index contributed by atoms with van der Waals surface area (Å²) in [6, 6.07) is 5.35. The number of nitrogens with zero attached hydrogens (tertiary/aromatic N) is 3. The number of carbonyl (C=O) groups excluding carboxylic acids is 3. The van der Waals surface area contributed by atoms with Crippen molar-refractivity contribution in [3.05, 3.63) is 54.6 Å². The molecule has 3 heterocycles. The zero-order valence-electron chi connectivity index (χ0n) is 22.2. The number of aliphatic hydroxyl groups is 1. The first-order chi connectivity index (χ1) is 18.3. The molecule has 3 aliphatic rings. The summed E-state index contributed by atoms with van der Waals surface area (Å²) in [7, 11) is 0. The highest BCUT2D eigenvalue weighted by atomic mass is 35.5. The number of halogens is 1. The number of amides is 3. The normalized spacial score (nSPS) is 28.2. The second-order valence-corrected chi connectivity index (χ2v) is 10.8. The lowest BCUT2D eigenvalue weighted by atomic mass is 9.70. The third-order valence-corrected chi connectivity index (χ3v) is 8.46. The van der Waals surface area contributed by atoms with Crippen molar-refractivity contribution in [1.29, 1.82) is 0 Å². The molecule has 206 valence electrons. The molecule has 3 amide bonds. The number of aliphatic hydroxyl groups excluding tert-OH is 1. The number of carbonyl (C=O) groups is 3. The van der Waals surface area contributed by atoms with Crippen LogP contribution >= 0.6 is 11.6 Å². The Bertz CT molecular complexity index is 1070. The van der Waals surface area contributed by atoms with Crippen molar-refractivity contribution in [2.24, 2.45) is 11.8 Å². The molecule has 0 radical (unpaired) electrons. The van der Waals surface area contributed by atoms with Crippen LogP contribution in [0.25, 0.3) is 0 Å². The summed E-state index contributed by atoms with van der Waals surface area (Å²) in [5.41, 5.74) is -0.525. The van der Waals surface area contributed by atoms with Gasteiger partial charge in [-0.25, -0.2) is 0 Å². The van der Waals surface area contributed by atoms with Crippen LogP contribution in [0.15, 0.2) is 49.6 Å². The van der Waals surface area contributed by atoms with Crippen molar-refractivity contribution in [2.75, 3.05) is 31.1 Å². The summed E-state index contributed by atoms with van der Waals surface area (Å²) < 4.78 is 6.57. The molecule has 0 aliphatic carbocycles. The van der Waals surface area contributed by atoms with Crippen LogP contribution in [0.2, 0.25) is 5.02 Å². The Labute approximate surface area is 229 Å². The van der Waals surface area contributed by atoms with E-state index in [4.69, 9.17) is 16.3 Å². The largest absolute Gasteiger partial charge is 0.394 e. The van der Waals surface area contributed by atoms with E-state index in [9.17, 15) is 19.5 Å². The lowest BCUT2D eigenvalue weighted by Crippen LogP contribution is -2.59. The Morgan fingerprint density at radius 3 is 2.47 bits per heavy atom. The SMILES string of the molecule is C=CCN(CCC)C(=O)[C@@H]1[C@H]2C(=O)N([C@@H](CC)CO)C(C(=O)N(CC=C)c3ccc(Cl)cc3)C23CC[C@H]1O3. The van der Waals surface area contributed by atoms with Crippen LogP contribution < -0.4 is 4.90 Å². The highest BCUT2D eigenvalue weighted by Crippen LogP contribution is 2.59. The molecule has 2 bridgehead atoms. The molecule has 8 nitrogen and oxygen atoms in total. The molecule has 4 rings (SSSR count). The van der Waals surface area contributed by atoms with E-state index in [0.29, 0.717) is 43.1 Å². The molecule has 0 saturated carbocycles. The van der Waals surface area contributed by atoms with Gasteiger partial charge in [0.15, 0.2) is 0 Å². The first kappa shape index (κ1) is 28.3. The van der Waals surface area contributed by atoms with Gasteiger partial charge in [-0.1, -0.05) is 37.6 Å². The molecule has 0 aromatic heterocycles. The van der Waals surface area contributed by atoms with Gasteiger partial charge >= 0.3 is 0 Å². The van der Waals surface area contributed by atoms with E-state index in [-0.39, 0.29) is 30.9 Å². The van der Waals surface area contributed by atoms with Crippen molar-refractivity contribution in [3.63, 3.8) is 0 Å². The number of rotatable bonds is 12. The first-order valence-corrected chi connectivity index (χ1v) is 13.9. The van der Waals surface area contributed by atoms with Crippen molar-refractivity contribution < 1.29 is 24.2 Å². The third kappa shape index (κ3) is 4.56. The van der Waals surface area contributed by atoms with Gasteiger partial charge in [0.05, 0.1) is 30.6 Å². The van der Waals surface area contributed by atoms with Gasteiger partial charge < -0.3 is 24.5 Å². The van der Waals surface area contributed by atoms with Gasteiger partial charge in [-0.2, -0.15) is 0 Å². The fourth-order valence-corrected chi connectivity index (χ4v) is 6.73. The Hall–Kier alpha value is -2.68. The van der Waals surface area contributed by atoms with Gasteiger partial charge in [-0.15, -0.1) is 13.2 Å². The third-order valence-electron chi connectivity index (χ3n) is 8.20. The summed E-state index contributed by atoms with van der Waals surface area (Å²) in [5, 5.41) is 10.8. The van der Waals surface area contributed by atoms with Gasteiger partial charge in [-0.05, 0) is 49.9 Å². The predicted octanol–water partition coefficient (Wildman–Crippen LogP) is 3.43. The molecule has 3 fully saturated rings. The van der Waals surface area contributed by atoms with Gasteiger partial charge in [0.2, 0.25) is 11.8 Å². The number of fused-ring (bicyclic) bond motifs is 1. The molecule has 3 aliphatic heterocycles. The topological polar surface area (TPSA) is 90.4 Å². The van der Waals surface area contributed by atoms with Crippen LogP contribution in [0.5, 0.6) is 0 Å². The quantitative estimate of drug-likeness (QED) is 0.408. The fraction of sp³-hybridized carbons (Fsp3) is 0.552. The van der Waals surface area contributed by atoms with Crippen LogP contribution in [0.3, 0.4) is 0 Å². The Morgan fingerprint density at radius 1 is 1.21 bits per heavy atom. The molecule has 38 heavy (non-hydrogen) atoms. The molecular weight excluding hydrogens is 506 g/mol. The summed E-state index contributed by atoms with van der Waals surface area (Å²) in [5.74, 6) is -2.22. The van der Waals surface area contributed by atoms with Crippen molar-refractivity contribution >= 4 is 35.0 Å². The monoisotopic (exact) mass is 543 g/mol. The van der Waals surface area contributed by atoms with Crippen LogP contribution in [-0.2, 0) is 19.1 Å². The maximum absolute atomic E-state index is 14.4. The maximum Gasteiger partial charge on any atom is 0.253 e. The van der Waals surface area contributed by atoms with E-state index >= 15 is 0 Å². The van der Waals surface area contributed by atoms with E-state index in [1.165, 1.54) is 4.90 Å². The number of hydrogen-bond donors (Lipinski definition) is 1. The van der Waals surface area contributed by atoms with Crippen LogP contribution in [0.1, 0.15) is 39.5 Å². The highest BCUT2D eigenvalue weighted by Gasteiger charge is 2.75. The zero-order valence-corrected chi connectivity index (χ0v) is 23.0. The Balaban J connectivity index is 1.79. The second kappa shape index (κ2) is 11.6. The summed E-state index contributed by atoms with van der Waals surface area (Å²) in [6.07, 6.45) is 5.19. The van der Waals surface area contributed by atoms with Crippen molar-refractivity contribution in [2.45, 2.75) is 63.3 Å². The minimum Gasteiger partial charge on any atom is -0.394 e. The van der Waals surface area contributed by atoms with Crippen LogP contribution in [0.4, 0.5) is 5.69 Å². The lowest BCUT2D eigenvalue weighted by molar-refractivity contribution is -0.147. The lowest BCUT2D eigenvalue weighted by Gasteiger charge is -2.39. The van der Waals surface area contributed by atoms with Gasteiger partial charge in [-0.3, -0.25) is 14.4 Å². The molecule has 1 spiro atoms. The Kier molecular flexibility index (Phi) is 8.65. The minimum absolute atomic E-state index is 0.137. The number of hydrogen-bond acceptors (Lipinski definition) is 5. The zero-order chi connectivity index (χ0) is 27.6. The smallest absolute Gasteiger partial charge is 0.253 e. The molecule has 1 N–H and O–H groups in total. The average Bonchev–Trinajstić information content (AvgIpc) is 3.55. The molecule has 3 saturated heterocycles. The molecule has 9 heteroatoms. The van der Waals surface area contributed by atoms with Crippen LogP contribution in [-0.4, -0.2) is 82.7 Å². The molecule has 1 aromatic rings.